The summed E-state index contributed by atoms with van der Waals surface area (Å²) in [5, 5.41) is 13.6. The normalized spacial score (nSPS) is 19.2. The number of rotatable bonds is 3. The number of carboxylic acid groups (broad SMARTS) is 1. The van der Waals surface area contributed by atoms with E-state index in [4.69, 9.17) is 0 Å². The van der Waals surface area contributed by atoms with Crippen molar-refractivity contribution >= 4 is 5.97 Å². The van der Waals surface area contributed by atoms with Crippen molar-refractivity contribution in [3.63, 3.8) is 0 Å². The number of hydrogen-bond acceptors (Lipinski definition) is 2. The van der Waals surface area contributed by atoms with E-state index in [-0.39, 0.29) is 0 Å². The van der Waals surface area contributed by atoms with E-state index >= 15 is 0 Å². The van der Waals surface area contributed by atoms with Gasteiger partial charge in [-0.1, -0.05) is 0 Å². The molecule has 0 aromatic carbocycles. The molecule has 15 heavy (non-hydrogen) atoms. The quantitative estimate of drug-likeness (QED) is 0.815. The third-order valence-electron chi connectivity index (χ3n) is 3.30. The molecular weight excluding hydrogens is 192 g/mol. The first-order valence-corrected chi connectivity index (χ1v) is 5.57. The highest BCUT2D eigenvalue weighted by atomic mass is 16.4. The summed E-state index contributed by atoms with van der Waals surface area (Å²) in [6.07, 6.45) is 5.35. The van der Waals surface area contributed by atoms with Crippen molar-refractivity contribution in [1.29, 1.82) is 0 Å². The van der Waals surface area contributed by atoms with E-state index in [0.717, 1.165) is 37.1 Å². The Kier molecular flexibility index (Phi) is 1.84. The van der Waals surface area contributed by atoms with Crippen LogP contribution in [0.2, 0.25) is 0 Å². The molecule has 0 radical (unpaired) electrons. The van der Waals surface area contributed by atoms with Gasteiger partial charge in [0.15, 0.2) is 0 Å². The molecule has 0 amide bonds. The maximum atomic E-state index is 11.2. The molecule has 1 saturated carbocycles. The summed E-state index contributed by atoms with van der Waals surface area (Å²) >= 11 is 0. The summed E-state index contributed by atoms with van der Waals surface area (Å²) in [7, 11) is 0. The lowest BCUT2D eigenvalue weighted by Gasteiger charge is -2.04. The van der Waals surface area contributed by atoms with Crippen LogP contribution in [0.3, 0.4) is 0 Å². The van der Waals surface area contributed by atoms with Crippen molar-refractivity contribution in [2.45, 2.75) is 38.6 Å². The molecule has 0 atom stereocenters. The zero-order chi connectivity index (χ0) is 10.4. The predicted molar refractivity (Wildman–Crippen MR) is 53.9 cm³/mol. The summed E-state index contributed by atoms with van der Waals surface area (Å²) in [4.78, 5) is 11.2. The van der Waals surface area contributed by atoms with Gasteiger partial charge in [-0.05, 0) is 38.0 Å². The summed E-state index contributed by atoms with van der Waals surface area (Å²) in [5.74, 6) is -0.144. The Bertz CT molecular complexity index is 418. The van der Waals surface area contributed by atoms with Crippen LogP contribution in [-0.4, -0.2) is 20.9 Å². The van der Waals surface area contributed by atoms with Crippen molar-refractivity contribution in [3.8, 4) is 0 Å². The number of carbonyl (C=O) groups is 1. The van der Waals surface area contributed by atoms with Gasteiger partial charge in [0.05, 0.1) is 5.69 Å². The van der Waals surface area contributed by atoms with Crippen LogP contribution in [0.5, 0.6) is 0 Å². The highest BCUT2D eigenvalue weighted by Crippen LogP contribution is 2.32. The van der Waals surface area contributed by atoms with E-state index in [1.807, 2.05) is 0 Å². The van der Waals surface area contributed by atoms with Crippen LogP contribution >= 0.6 is 0 Å². The van der Waals surface area contributed by atoms with Gasteiger partial charge in [-0.15, -0.1) is 0 Å². The van der Waals surface area contributed by atoms with Crippen molar-refractivity contribution < 1.29 is 9.90 Å². The number of aromatic carboxylic acids is 1. The highest BCUT2D eigenvalue weighted by Gasteiger charge is 2.29. The Labute approximate surface area is 87.9 Å². The molecular formula is C11H14N2O2. The van der Waals surface area contributed by atoms with Gasteiger partial charge in [0.1, 0.15) is 5.69 Å². The molecule has 4 nitrogen and oxygen atoms in total. The number of nitrogens with zero attached hydrogens (tertiary/aromatic N) is 2. The monoisotopic (exact) mass is 206 g/mol. The van der Waals surface area contributed by atoms with Crippen molar-refractivity contribution in [2.75, 3.05) is 0 Å². The number of carboxylic acids is 1. The lowest BCUT2D eigenvalue weighted by molar-refractivity contribution is 0.0681. The Morgan fingerprint density at radius 1 is 1.47 bits per heavy atom. The van der Waals surface area contributed by atoms with Crippen LogP contribution in [-0.2, 0) is 19.4 Å². The molecule has 0 bridgehead atoms. The molecule has 1 heterocycles. The van der Waals surface area contributed by atoms with Crippen molar-refractivity contribution in [2.24, 2.45) is 5.92 Å². The Morgan fingerprint density at radius 3 is 2.93 bits per heavy atom. The lowest BCUT2D eigenvalue weighted by Crippen LogP contribution is -2.13. The Hall–Kier alpha value is -1.32. The molecule has 80 valence electrons. The second kappa shape index (κ2) is 3.08. The maximum absolute atomic E-state index is 11.2. The van der Waals surface area contributed by atoms with Crippen LogP contribution < -0.4 is 0 Å². The summed E-state index contributed by atoms with van der Waals surface area (Å²) in [6.45, 7) is 0.800. The molecule has 0 aliphatic heterocycles. The number of aryl methyl sites for hydroxylation is 1. The number of fused-ring (bicyclic) bond motifs is 1. The van der Waals surface area contributed by atoms with Gasteiger partial charge in [0.25, 0.3) is 0 Å². The van der Waals surface area contributed by atoms with Crippen LogP contribution in [0.4, 0.5) is 0 Å². The van der Waals surface area contributed by atoms with Crippen LogP contribution in [0.1, 0.15) is 41.0 Å². The van der Waals surface area contributed by atoms with Crippen LogP contribution in [0, 0.1) is 5.92 Å². The largest absolute Gasteiger partial charge is 0.477 e. The molecule has 1 aromatic heterocycles. The Balaban J connectivity index is 2.00. The first kappa shape index (κ1) is 8.95. The molecule has 1 aromatic rings. The first-order valence-electron chi connectivity index (χ1n) is 5.57. The summed E-state index contributed by atoms with van der Waals surface area (Å²) < 4.78 is 1.73. The third-order valence-corrected chi connectivity index (χ3v) is 3.30. The second-order valence-corrected chi connectivity index (χ2v) is 4.56. The zero-order valence-corrected chi connectivity index (χ0v) is 8.57. The summed E-state index contributed by atoms with van der Waals surface area (Å²) in [5.41, 5.74) is 2.46. The lowest BCUT2D eigenvalue weighted by atomic mass is 10.2. The predicted octanol–water partition coefficient (Wildman–Crippen LogP) is 1.48. The minimum Gasteiger partial charge on any atom is -0.477 e. The van der Waals surface area contributed by atoms with Crippen LogP contribution in [0.25, 0.3) is 0 Å². The molecule has 2 aliphatic rings. The zero-order valence-electron chi connectivity index (χ0n) is 8.57. The average Bonchev–Trinajstić information content (AvgIpc) is 2.72. The molecule has 0 unspecified atom stereocenters. The molecule has 2 aliphatic carbocycles. The fourth-order valence-electron chi connectivity index (χ4n) is 2.36. The van der Waals surface area contributed by atoms with Gasteiger partial charge in [-0.2, -0.15) is 5.10 Å². The molecule has 1 fully saturated rings. The van der Waals surface area contributed by atoms with Gasteiger partial charge in [0, 0.05) is 12.1 Å². The fourth-order valence-corrected chi connectivity index (χ4v) is 2.36. The minimum absolute atomic E-state index is 0.453. The van der Waals surface area contributed by atoms with Crippen LogP contribution in [0.15, 0.2) is 0 Å². The second-order valence-electron chi connectivity index (χ2n) is 4.56. The van der Waals surface area contributed by atoms with E-state index in [1.165, 1.54) is 12.8 Å². The van der Waals surface area contributed by atoms with E-state index in [9.17, 15) is 9.90 Å². The van der Waals surface area contributed by atoms with Crippen molar-refractivity contribution in [1.82, 2.24) is 9.78 Å². The van der Waals surface area contributed by atoms with E-state index in [0.29, 0.717) is 11.6 Å². The maximum Gasteiger partial charge on any atom is 0.354 e. The summed E-state index contributed by atoms with van der Waals surface area (Å²) in [6, 6.07) is 0. The number of aromatic nitrogens is 2. The van der Waals surface area contributed by atoms with E-state index in [2.05, 4.69) is 5.10 Å². The van der Waals surface area contributed by atoms with Gasteiger partial charge in [-0.25, -0.2) is 4.79 Å². The first-order chi connectivity index (χ1) is 7.25. The smallest absolute Gasteiger partial charge is 0.354 e. The number of hydrogen-bond donors (Lipinski definition) is 1. The SMILES string of the molecule is O=C(O)c1c2c(nn1CC1CC1)CCC2. The van der Waals surface area contributed by atoms with E-state index in [1.54, 1.807) is 4.68 Å². The van der Waals surface area contributed by atoms with Gasteiger partial charge in [0.2, 0.25) is 0 Å². The molecule has 0 spiro atoms. The standard InChI is InChI=1S/C11H14N2O2/c14-11(15)10-8-2-1-3-9(8)12-13(10)6-7-4-5-7/h7H,1-6H2,(H,14,15). The van der Waals surface area contributed by atoms with E-state index < -0.39 is 5.97 Å². The molecule has 3 rings (SSSR count). The highest BCUT2D eigenvalue weighted by molar-refractivity contribution is 5.88. The minimum atomic E-state index is -0.814. The topological polar surface area (TPSA) is 55.1 Å². The third kappa shape index (κ3) is 1.44. The van der Waals surface area contributed by atoms with Gasteiger partial charge >= 0.3 is 5.97 Å². The van der Waals surface area contributed by atoms with Gasteiger partial charge in [-0.3, -0.25) is 4.68 Å². The van der Waals surface area contributed by atoms with Gasteiger partial charge < -0.3 is 5.11 Å². The average molecular weight is 206 g/mol. The van der Waals surface area contributed by atoms with Crippen molar-refractivity contribution in [3.05, 3.63) is 17.0 Å². The molecule has 1 N–H and O–H groups in total. The molecule has 4 heteroatoms. The Morgan fingerprint density at radius 2 is 2.27 bits per heavy atom. The molecule has 0 saturated heterocycles. The fraction of sp³-hybridized carbons (Fsp3) is 0.636.